The number of rotatable bonds is 5. The summed E-state index contributed by atoms with van der Waals surface area (Å²) in [5.41, 5.74) is 1.71. The lowest BCUT2D eigenvalue weighted by Gasteiger charge is -2.32. The standard InChI is InChI=1S/C19H21N5O3S/c1-23-6-8-24(9-7-23)11-12-2-4-13(5-3-12)17(25)20-16-14-10-15(19(26)27)28-18(14)22-21-16/h2-5,10H,6-9,11H2,1H3,(H,26,27)(H2,20,21,22,25). The number of aromatic amines is 1. The van der Waals surface area contributed by atoms with Crippen molar-refractivity contribution < 1.29 is 14.7 Å². The first kappa shape index (κ1) is 18.6. The van der Waals surface area contributed by atoms with Crippen molar-refractivity contribution in [3.8, 4) is 0 Å². The normalized spacial score (nSPS) is 15.8. The van der Waals surface area contributed by atoms with E-state index in [-0.39, 0.29) is 10.8 Å². The van der Waals surface area contributed by atoms with E-state index in [9.17, 15) is 9.59 Å². The first-order valence-corrected chi connectivity index (χ1v) is 9.83. The number of piperazine rings is 1. The van der Waals surface area contributed by atoms with Gasteiger partial charge in [0.2, 0.25) is 0 Å². The van der Waals surface area contributed by atoms with Gasteiger partial charge >= 0.3 is 5.97 Å². The molecule has 3 aromatic rings. The minimum atomic E-state index is -0.997. The Morgan fingerprint density at radius 1 is 1.21 bits per heavy atom. The van der Waals surface area contributed by atoms with E-state index in [2.05, 4.69) is 32.4 Å². The molecule has 0 bridgehead atoms. The molecule has 1 aromatic carbocycles. The van der Waals surface area contributed by atoms with Crippen molar-refractivity contribution in [2.45, 2.75) is 6.54 Å². The molecule has 4 rings (SSSR count). The number of aromatic carboxylic acids is 1. The summed E-state index contributed by atoms with van der Waals surface area (Å²) in [4.78, 5) is 29.2. The molecule has 28 heavy (non-hydrogen) atoms. The molecule has 146 valence electrons. The summed E-state index contributed by atoms with van der Waals surface area (Å²) in [6, 6.07) is 9.07. The molecule has 0 atom stereocenters. The van der Waals surface area contributed by atoms with Crippen LogP contribution in [0.15, 0.2) is 30.3 Å². The van der Waals surface area contributed by atoms with Crippen LogP contribution in [0.1, 0.15) is 25.6 Å². The quantitative estimate of drug-likeness (QED) is 0.609. The number of carbonyl (C=O) groups excluding carboxylic acids is 1. The van der Waals surface area contributed by atoms with Crippen molar-refractivity contribution in [2.24, 2.45) is 0 Å². The molecular weight excluding hydrogens is 378 g/mol. The lowest BCUT2D eigenvalue weighted by molar-refractivity contribution is 0.0702. The summed E-state index contributed by atoms with van der Waals surface area (Å²) >= 11 is 1.09. The summed E-state index contributed by atoms with van der Waals surface area (Å²) in [7, 11) is 2.14. The number of carbonyl (C=O) groups is 2. The number of hydrogen-bond acceptors (Lipinski definition) is 6. The largest absolute Gasteiger partial charge is 0.477 e. The number of hydrogen-bond donors (Lipinski definition) is 3. The maximum atomic E-state index is 12.5. The van der Waals surface area contributed by atoms with E-state index in [0.717, 1.165) is 44.1 Å². The molecule has 1 aliphatic heterocycles. The van der Waals surface area contributed by atoms with Gasteiger partial charge in [0.1, 0.15) is 9.71 Å². The van der Waals surface area contributed by atoms with Gasteiger partial charge in [0.25, 0.3) is 5.91 Å². The number of aromatic nitrogens is 2. The Balaban J connectivity index is 1.41. The van der Waals surface area contributed by atoms with Crippen molar-refractivity contribution in [3.63, 3.8) is 0 Å². The topological polar surface area (TPSA) is 102 Å². The highest BCUT2D eigenvalue weighted by atomic mass is 32.1. The van der Waals surface area contributed by atoms with Gasteiger partial charge in [-0.15, -0.1) is 11.3 Å². The zero-order valence-corrected chi connectivity index (χ0v) is 16.3. The zero-order valence-electron chi connectivity index (χ0n) is 15.4. The number of nitrogens with zero attached hydrogens (tertiary/aromatic N) is 3. The maximum absolute atomic E-state index is 12.5. The lowest BCUT2D eigenvalue weighted by Crippen LogP contribution is -2.43. The summed E-state index contributed by atoms with van der Waals surface area (Å²) in [6.45, 7) is 5.12. The number of carboxylic acid groups (broad SMARTS) is 1. The van der Waals surface area contributed by atoms with Crippen LogP contribution >= 0.6 is 11.3 Å². The Labute approximate surface area is 165 Å². The molecule has 3 heterocycles. The molecular formula is C19H21N5O3S. The van der Waals surface area contributed by atoms with Crippen molar-refractivity contribution in [1.82, 2.24) is 20.0 Å². The first-order valence-electron chi connectivity index (χ1n) is 9.02. The molecule has 8 nitrogen and oxygen atoms in total. The Hall–Kier alpha value is -2.75. The molecule has 1 aliphatic rings. The highest BCUT2D eigenvalue weighted by molar-refractivity contribution is 7.20. The predicted octanol–water partition coefficient (Wildman–Crippen LogP) is 2.32. The van der Waals surface area contributed by atoms with Crippen LogP contribution in [-0.2, 0) is 6.54 Å². The van der Waals surface area contributed by atoms with Gasteiger partial charge < -0.3 is 15.3 Å². The molecule has 0 spiro atoms. The number of anilines is 1. The van der Waals surface area contributed by atoms with Gasteiger partial charge in [0, 0.05) is 38.3 Å². The van der Waals surface area contributed by atoms with Gasteiger partial charge in [-0.05, 0) is 30.8 Å². The predicted molar refractivity (Wildman–Crippen MR) is 108 cm³/mol. The minimum absolute atomic E-state index is 0.201. The number of H-pyrrole nitrogens is 1. The van der Waals surface area contributed by atoms with Crippen LogP contribution in [-0.4, -0.2) is 70.2 Å². The van der Waals surface area contributed by atoms with Gasteiger partial charge in [0.05, 0.1) is 5.39 Å². The van der Waals surface area contributed by atoms with Crippen molar-refractivity contribution >= 4 is 39.2 Å². The molecule has 2 aromatic heterocycles. The van der Waals surface area contributed by atoms with Gasteiger partial charge in [-0.3, -0.25) is 14.8 Å². The van der Waals surface area contributed by atoms with E-state index >= 15 is 0 Å². The Morgan fingerprint density at radius 3 is 2.61 bits per heavy atom. The molecule has 1 amide bonds. The first-order chi connectivity index (χ1) is 13.5. The molecule has 0 radical (unpaired) electrons. The third-order valence-corrected chi connectivity index (χ3v) is 5.95. The van der Waals surface area contributed by atoms with Gasteiger partial charge in [-0.1, -0.05) is 12.1 Å². The van der Waals surface area contributed by atoms with Gasteiger partial charge in [0.15, 0.2) is 5.82 Å². The smallest absolute Gasteiger partial charge is 0.345 e. The van der Waals surface area contributed by atoms with Crippen LogP contribution in [0, 0.1) is 0 Å². The van der Waals surface area contributed by atoms with E-state index < -0.39 is 5.97 Å². The lowest BCUT2D eigenvalue weighted by atomic mass is 10.1. The number of thiophene rings is 1. The van der Waals surface area contributed by atoms with Crippen LogP contribution in [0.5, 0.6) is 0 Å². The zero-order chi connectivity index (χ0) is 19.7. The molecule has 0 saturated carbocycles. The second kappa shape index (κ2) is 7.70. The number of benzene rings is 1. The number of nitrogens with one attached hydrogen (secondary N) is 2. The number of carboxylic acids is 1. The molecule has 0 aliphatic carbocycles. The fourth-order valence-corrected chi connectivity index (χ4v) is 4.06. The van der Waals surface area contributed by atoms with Crippen LogP contribution in [0.2, 0.25) is 0 Å². The van der Waals surface area contributed by atoms with E-state index in [0.29, 0.717) is 21.6 Å². The highest BCUT2D eigenvalue weighted by Crippen LogP contribution is 2.29. The van der Waals surface area contributed by atoms with E-state index in [1.807, 2.05) is 12.1 Å². The molecule has 0 unspecified atom stereocenters. The van der Waals surface area contributed by atoms with Crippen LogP contribution in [0.3, 0.4) is 0 Å². The third kappa shape index (κ3) is 3.91. The monoisotopic (exact) mass is 399 g/mol. The summed E-state index contributed by atoms with van der Waals surface area (Å²) < 4.78 is 0. The second-order valence-corrected chi connectivity index (χ2v) is 8.01. The minimum Gasteiger partial charge on any atom is -0.477 e. The fourth-order valence-electron chi connectivity index (χ4n) is 3.22. The van der Waals surface area contributed by atoms with Crippen LogP contribution in [0.25, 0.3) is 10.2 Å². The summed E-state index contributed by atoms with van der Waals surface area (Å²) in [5, 5.41) is 19.3. The highest BCUT2D eigenvalue weighted by Gasteiger charge is 2.17. The maximum Gasteiger partial charge on any atom is 0.345 e. The second-order valence-electron chi connectivity index (χ2n) is 6.96. The summed E-state index contributed by atoms with van der Waals surface area (Å²) in [6.07, 6.45) is 0. The van der Waals surface area contributed by atoms with Gasteiger partial charge in [-0.25, -0.2) is 4.79 Å². The Morgan fingerprint density at radius 2 is 1.93 bits per heavy atom. The number of amides is 1. The average molecular weight is 399 g/mol. The Bertz CT molecular complexity index is 1000. The molecule has 3 N–H and O–H groups in total. The van der Waals surface area contributed by atoms with Crippen LogP contribution < -0.4 is 5.32 Å². The molecule has 9 heteroatoms. The van der Waals surface area contributed by atoms with E-state index in [1.54, 1.807) is 12.1 Å². The third-order valence-electron chi connectivity index (χ3n) is 4.92. The number of fused-ring (bicyclic) bond motifs is 1. The summed E-state index contributed by atoms with van der Waals surface area (Å²) in [5.74, 6) is -0.935. The van der Waals surface area contributed by atoms with Crippen LogP contribution in [0.4, 0.5) is 5.82 Å². The van der Waals surface area contributed by atoms with Crippen molar-refractivity contribution in [3.05, 3.63) is 46.3 Å². The average Bonchev–Trinajstić information content (AvgIpc) is 3.26. The number of likely N-dealkylation sites (N-methyl/N-ethyl adjacent to an activating group) is 1. The van der Waals surface area contributed by atoms with Gasteiger partial charge in [-0.2, -0.15) is 5.10 Å². The van der Waals surface area contributed by atoms with Crippen molar-refractivity contribution in [2.75, 3.05) is 38.5 Å². The molecule has 1 saturated heterocycles. The van der Waals surface area contributed by atoms with Crippen molar-refractivity contribution in [1.29, 1.82) is 0 Å². The van der Waals surface area contributed by atoms with E-state index in [1.165, 1.54) is 11.6 Å². The fraction of sp³-hybridized carbons (Fsp3) is 0.316. The Kier molecular flexibility index (Phi) is 5.12. The molecule has 1 fully saturated rings. The van der Waals surface area contributed by atoms with E-state index in [4.69, 9.17) is 5.11 Å². The SMILES string of the molecule is CN1CCN(Cc2ccc(C(=O)Nc3n[nH]c4sc(C(=O)O)cc34)cc2)CC1.